The number of imidazole rings is 1. The van der Waals surface area contributed by atoms with E-state index in [9.17, 15) is 13.2 Å². The second kappa shape index (κ2) is 6.16. The molecule has 20 heavy (non-hydrogen) atoms. The van der Waals surface area contributed by atoms with Gasteiger partial charge in [0.2, 0.25) is 0 Å². The summed E-state index contributed by atoms with van der Waals surface area (Å²) < 4.78 is 39.8. The molecule has 6 heteroatoms. The number of aromatic nitrogens is 2. The monoisotopic (exact) mass is 289 g/mol. The number of hydrogen-bond acceptors (Lipinski definition) is 2. The number of hydrogen-bond donors (Lipinski definition) is 1. The third-order valence-electron chi connectivity index (χ3n) is 4.06. The van der Waals surface area contributed by atoms with Gasteiger partial charge in [-0.05, 0) is 39.5 Å². The van der Waals surface area contributed by atoms with Gasteiger partial charge in [-0.2, -0.15) is 13.2 Å². The first-order chi connectivity index (χ1) is 9.38. The molecule has 1 aromatic heterocycles. The van der Waals surface area contributed by atoms with Crippen LogP contribution in [0.5, 0.6) is 0 Å². The number of nitrogens with one attached hydrogen (secondary N) is 1. The van der Waals surface area contributed by atoms with Crippen molar-refractivity contribution in [3.8, 4) is 0 Å². The molecule has 2 rings (SSSR count). The maximum absolute atomic E-state index is 12.6. The minimum absolute atomic E-state index is 0.184. The molecule has 0 saturated heterocycles. The molecule has 0 amide bonds. The Kier molecular flexibility index (Phi) is 4.73. The maximum Gasteiger partial charge on any atom is 0.391 e. The minimum atomic E-state index is -4.03. The largest absolute Gasteiger partial charge is 0.391 e. The van der Waals surface area contributed by atoms with E-state index in [2.05, 4.69) is 28.7 Å². The van der Waals surface area contributed by atoms with E-state index in [0.29, 0.717) is 25.4 Å². The van der Waals surface area contributed by atoms with Crippen LogP contribution in [0.25, 0.3) is 0 Å². The third kappa shape index (κ3) is 3.75. The molecule has 1 aromatic rings. The first-order valence-electron chi connectivity index (χ1n) is 7.18. The first kappa shape index (κ1) is 15.4. The fraction of sp³-hybridized carbons (Fsp3) is 0.786. The van der Waals surface area contributed by atoms with Gasteiger partial charge >= 0.3 is 6.18 Å². The van der Waals surface area contributed by atoms with E-state index in [1.807, 2.05) is 6.20 Å². The van der Waals surface area contributed by atoms with Crippen molar-refractivity contribution in [1.82, 2.24) is 14.9 Å². The molecular formula is C14H22F3N3. The fourth-order valence-electron chi connectivity index (χ4n) is 2.81. The summed E-state index contributed by atoms with van der Waals surface area (Å²) in [5, 5.41) is 3.36. The Balaban J connectivity index is 1.80. The lowest BCUT2D eigenvalue weighted by Crippen LogP contribution is -2.37. The van der Waals surface area contributed by atoms with Gasteiger partial charge in [0.25, 0.3) is 0 Å². The lowest BCUT2D eigenvalue weighted by molar-refractivity contribution is -0.182. The van der Waals surface area contributed by atoms with Crippen LogP contribution in [0.4, 0.5) is 13.2 Å². The van der Waals surface area contributed by atoms with Crippen molar-refractivity contribution < 1.29 is 13.2 Å². The molecule has 3 nitrogen and oxygen atoms in total. The van der Waals surface area contributed by atoms with Crippen molar-refractivity contribution in [2.45, 2.75) is 64.3 Å². The molecule has 0 spiro atoms. The van der Waals surface area contributed by atoms with E-state index >= 15 is 0 Å². The average molecular weight is 289 g/mol. The molecule has 1 aliphatic rings. The van der Waals surface area contributed by atoms with E-state index in [1.165, 1.54) is 0 Å². The highest BCUT2D eigenvalue weighted by molar-refractivity contribution is 5.00. The predicted octanol–water partition coefficient (Wildman–Crippen LogP) is 3.67. The molecule has 0 atom stereocenters. The van der Waals surface area contributed by atoms with Gasteiger partial charge in [0.1, 0.15) is 0 Å². The van der Waals surface area contributed by atoms with Gasteiger partial charge in [-0.15, -0.1) is 0 Å². The number of halogens is 3. The lowest BCUT2D eigenvalue weighted by atomic mass is 9.85. The van der Waals surface area contributed by atoms with Gasteiger partial charge in [0.15, 0.2) is 0 Å². The lowest BCUT2D eigenvalue weighted by Gasteiger charge is -2.30. The number of alkyl halides is 3. The summed E-state index contributed by atoms with van der Waals surface area (Å²) in [5.74, 6) is -1.11. The molecule has 1 saturated carbocycles. The molecule has 1 fully saturated rings. The average Bonchev–Trinajstić information content (AvgIpc) is 2.84. The summed E-state index contributed by atoms with van der Waals surface area (Å²) >= 11 is 0. The zero-order valence-corrected chi connectivity index (χ0v) is 12.0. The fourth-order valence-corrected chi connectivity index (χ4v) is 2.81. The van der Waals surface area contributed by atoms with Crippen molar-refractivity contribution in [2.75, 3.05) is 0 Å². The Bertz CT molecular complexity index is 418. The molecule has 1 aliphatic carbocycles. The van der Waals surface area contributed by atoms with Crippen LogP contribution in [0.15, 0.2) is 12.5 Å². The topological polar surface area (TPSA) is 29.9 Å². The van der Waals surface area contributed by atoms with Crippen LogP contribution in [-0.4, -0.2) is 21.8 Å². The second-order valence-electron chi connectivity index (χ2n) is 5.86. The third-order valence-corrected chi connectivity index (χ3v) is 4.06. The Morgan fingerprint density at radius 3 is 2.50 bits per heavy atom. The van der Waals surface area contributed by atoms with Gasteiger partial charge in [0.05, 0.1) is 17.9 Å². The van der Waals surface area contributed by atoms with E-state index < -0.39 is 12.1 Å². The predicted molar refractivity (Wildman–Crippen MR) is 71.3 cm³/mol. The SMILES string of the molecule is CC(C)n1cncc1CNC1CCC(C(F)(F)F)CC1. The van der Waals surface area contributed by atoms with Gasteiger partial charge < -0.3 is 9.88 Å². The van der Waals surface area contributed by atoms with Crippen LogP contribution in [0.2, 0.25) is 0 Å². The van der Waals surface area contributed by atoms with Crippen LogP contribution >= 0.6 is 0 Å². The number of nitrogens with zero attached hydrogens (tertiary/aromatic N) is 2. The molecule has 1 N–H and O–H groups in total. The minimum Gasteiger partial charge on any atom is -0.331 e. The van der Waals surface area contributed by atoms with Crippen LogP contribution in [0.1, 0.15) is 51.3 Å². The van der Waals surface area contributed by atoms with E-state index in [1.54, 1.807) is 6.33 Å². The molecule has 0 aliphatic heterocycles. The molecule has 1 heterocycles. The van der Waals surface area contributed by atoms with Crippen molar-refractivity contribution in [1.29, 1.82) is 0 Å². The standard InChI is InChI=1S/C14H22F3N3/c1-10(2)20-9-18-7-13(20)8-19-12-5-3-11(4-6-12)14(15,16)17/h7,9-12,19H,3-6,8H2,1-2H3. The van der Waals surface area contributed by atoms with Gasteiger partial charge in [-0.25, -0.2) is 4.98 Å². The van der Waals surface area contributed by atoms with Crippen molar-refractivity contribution in [3.05, 3.63) is 18.2 Å². The van der Waals surface area contributed by atoms with Crippen molar-refractivity contribution >= 4 is 0 Å². The van der Waals surface area contributed by atoms with E-state index in [4.69, 9.17) is 0 Å². The summed E-state index contributed by atoms with van der Waals surface area (Å²) in [5.41, 5.74) is 1.08. The second-order valence-corrected chi connectivity index (χ2v) is 5.86. The quantitative estimate of drug-likeness (QED) is 0.916. The number of rotatable bonds is 4. The summed E-state index contributed by atoms with van der Waals surface area (Å²) in [7, 11) is 0. The molecule has 0 aromatic carbocycles. The maximum atomic E-state index is 12.6. The molecule has 0 bridgehead atoms. The molecule has 0 unspecified atom stereocenters. The Morgan fingerprint density at radius 1 is 1.30 bits per heavy atom. The smallest absolute Gasteiger partial charge is 0.331 e. The van der Waals surface area contributed by atoms with E-state index in [0.717, 1.165) is 5.69 Å². The Labute approximate surface area is 117 Å². The summed E-state index contributed by atoms with van der Waals surface area (Å²) in [4.78, 5) is 4.13. The highest BCUT2D eigenvalue weighted by atomic mass is 19.4. The molecule has 0 radical (unpaired) electrons. The highest BCUT2D eigenvalue weighted by Crippen LogP contribution is 2.37. The van der Waals surface area contributed by atoms with Crippen molar-refractivity contribution in [2.24, 2.45) is 5.92 Å². The van der Waals surface area contributed by atoms with Gasteiger partial charge in [-0.1, -0.05) is 0 Å². The Hall–Kier alpha value is -1.04. The van der Waals surface area contributed by atoms with Crippen LogP contribution in [0.3, 0.4) is 0 Å². The summed E-state index contributed by atoms with van der Waals surface area (Å²) in [6.07, 6.45) is 1.26. The zero-order valence-electron chi connectivity index (χ0n) is 12.0. The molecular weight excluding hydrogens is 267 g/mol. The van der Waals surface area contributed by atoms with Crippen LogP contribution in [-0.2, 0) is 6.54 Å². The molecule has 114 valence electrons. The Morgan fingerprint density at radius 2 is 1.95 bits per heavy atom. The first-order valence-corrected chi connectivity index (χ1v) is 7.18. The van der Waals surface area contributed by atoms with E-state index in [-0.39, 0.29) is 18.9 Å². The van der Waals surface area contributed by atoms with Gasteiger partial charge in [-0.3, -0.25) is 0 Å². The van der Waals surface area contributed by atoms with Crippen molar-refractivity contribution in [3.63, 3.8) is 0 Å². The highest BCUT2D eigenvalue weighted by Gasteiger charge is 2.41. The summed E-state index contributed by atoms with van der Waals surface area (Å²) in [6, 6.07) is 0.527. The van der Waals surface area contributed by atoms with Crippen LogP contribution < -0.4 is 5.32 Å². The van der Waals surface area contributed by atoms with Gasteiger partial charge in [0, 0.05) is 24.8 Å². The van der Waals surface area contributed by atoms with Crippen LogP contribution in [0, 0.1) is 5.92 Å². The summed E-state index contributed by atoms with van der Waals surface area (Å²) in [6.45, 7) is 4.83. The zero-order chi connectivity index (χ0) is 14.8. The normalized spacial score (nSPS) is 24.3.